The molecule has 1 rings (SSSR count). The van der Waals surface area contributed by atoms with Crippen molar-refractivity contribution in [3.05, 3.63) is 0 Å². The first-order chi connectivity index (χ1) is 7.58. The van der Waals surface area contributed by atoms with Gasteiger partial charge in [-0.25, -0.2) is 8.42 Å². The molecule has 0 aromatic carbocycles. The van der Waals surface area contributed by atoms with E-state index in [1.807, 2.05) is 0 Å². The standard InChI is InChI=1S/C11H21ClO3S/c12-16(13,14)10-3-1-2-8-15-9-4-5-11-6-7-11/h11H,1-10H2. The normalized spacial score (nSPS) is 16.6. The highest BCUT2D eigenvalue weighted by molar-refractivity contribution is 8.13. The molecule has 0 aromatic heterocycles. The molecule has 0 radical (unpaired) electrons. The molecule has 1 aliphatic carbocycles. The molecule has 0 atom stereocenters. The third-order valence-corrected chi connectivity index (χ3v) is 4.01. The predicted molar refractivity (Wildman–Crippen MR) is 66.3 cm³/mol. The third kappa shape index (κ3) is 9.43. The Hall–Kier alpha value is 0.200. The Labute approximate surface area is 103 Å². The second-order valence-corrected chi connectivity index (χ2v) is 7.40. The van der Waals surface area contributed by atoms with Gasteiger partial charge in [0.05, 0.1) is 5.75 Å². The van der Waals surface area contributed by atoms with Crippen molar-refractivity contribution >= 4 is 19.7 Å². The first kappa shape index (κ1) is 14.3. The summed E-state index contributed by atoms with van der Waals surface area (Å²) in [6, 6.07) is 0. The van der Waals surface area contributed by atoms with Crippen molar-refractivity contribution in [1.82, 2.24) is 0 Å². The fraction of sp³-hybridized carbons (Fsp3) is 1.00. The largest absolute Gasteiger partial charge is 0.381 e. The molecular formula is C11H21ClO3S. The van der Waals surface area contributed by atoms with Crippen LogP contribution >= 0.6 is 10.7 Å². The molecular weight excluding hydrogens is 248 g/mol. The lowest BCUT2D eigenvalue weighted by molar-refractivity contribution is 0.125. The van der Waals surface area contributed by atoms with Crippen LogP contribution in [0.3, 0.4) is 0 Å². The van der Waals surface area contributed by atoms with Gasteiger partial charge in [0.1, 0.15) is 0 Å². The molecule has 0 bridgehead atoms. The molecule has 16 heavy (non-hydrogen) atoms. The van der Waals surface area contributed by atoms with E-state index in [9.17, 15) is 8.42 Å². The highest BCUT2D eigenvalue weighted by atomic mass is 35.7. The fourth-order valence-electron chi connectivity index (χ4n) is 1.64. The van der Waals surface area contributed by atoms with Gasteiger partial charge in [0.2, 0.25) is 9.05 Å². The molecule has 96 valence electrons. The monoisotopic (exact) mass is 268 g/mol. The van der Waals surface area contributed by atoms with E-state index in [1.54, 1.807) is 0 Å². The molecule has 0 spiro atoms. The molecule has 0 aromatic rings. The van der Waals surface area contributed by atoms with E-state index in [4.69, 9.17) is 15.4 Å². The van der Waals surface area contributed by atoms with Crippen molar-refractivity contribution in [1.29, 1.82) is 0 Å². The Morgan fingerprint density at radius 3 is 2.38 bits per heavy atom. The van der Waals surface area contributed by atoms with E-state index in [1.165, 1.54) is 25.7 Å². The Balaban J connectivity index is 1.73. The fourth-order valence-corrected chi connectivity index (χ4v) is 2.51. The summed E-state index contributed by atoms with van der Waals surface area (Å²) in [6.07, 6.45) is 7.73. The van der Waals surface area contributed by atoms with Gasteiger partial charge in [-0.2, -0.15) is 0 Å². The molecule has 0 N–H and O–H groups in total. The van der Waals surface area contributed by atoms with Crippen molar-refractivity contribution in [2.75, 3.05) is 19.0 Å². The lowest BCUT2D eigenvalue weighted by atomic mass is 10.2. The van der Waals surface area contributed by atoms with Crippen LogP contribution in [0.5, 0.6) is 0 Å². The smallest absolute Gasteiger partial charge is 0.232 e. The van der Waals surface area contributed by atoms with Crippen LogP contribution in [0.2, 0.25) is 0 Å². The molecule has 0 unspecified atom stereocenters. The van der Waals surface area contributed by atoms with Crippen LogP contribution in [-0.4, -0.2) is 27.4 Å². The Bertz CT molecular complexity index is 273. The second kappa shape index (κ2) is 7.51. The van der Waals surface area contributed by atoms with Crippen molar-refractivity contribution in [2.24, 2.45) is 5.92 Å². The number of ether oxygens (including phenoxy) is 1. The van der Waals surface area contributed by atoms with Crippen LogP contribution in [0, 0.1) is 5.92 Å². The SMILES string of the molecule is O=S(=O)(Cl)CCCCCOCCCC1CC1. The molecule has 0 aliphatic heterocycles. The van der Waals surface area contributed by atoms with Gasteiger partial charge in [-0.05, 0) is 31.6 Å². The third-order valence-electron chi connectivity index (χ3n) is 2.77. The van der Waals surface area contributed by atoms with E-state index >= 15 is 0 Å². The summed E-state index contributed by atoms with van der Waals surface area (Å²) in [5.41, 5.74) is 0. The van der Waals surface area contributed by atoms with Crippen molar-refractivity contribution in [2.45, 2.75) is 44.9 Å². The molecule has 0 saturated heterocycles. The Morgan fingerprint density at radius 1 is 1.06 bits per heavy atom. The van der Waals surface area contributed by atoms with Gasteiger partial charge in [0.15, 0.2) is 0 Å². The summed E-state index contributed by atoms with van der Waals surface area (Å²) in [5.74, 6) is 1.06. The molecule has 5 heteroatoms. The van der Waals surface area contributed by atoms with Crippen LogP contribution in [0.15, 0.2) is 0 Å². The van der Waals surface area contributed by atoms with E-state index in [0.29, 0.717) is 6.42 Å². The van der Waals surface area contributed by atoms with Crippen LogP contribution in [-0.2, 0) is 13.8 Å². The summed E-state index contributed by atoms with van der Waals surface area (Å²) in [6.45, 7) is 1.59. The zero-order chi connectivity index (χ0) is 11.9. The van der Waals surface area contributed by atoms with Gasteiger partial charge in [-0.3, -0.25) is 0 Å². The average Bonchev–Trinajstić information content (AvgIpc) is 2.97. The van der Waals surface area contributed by atoms with E-state index in [-0.39, 0.29) is 5.75 Å². The lowest BCUT2D eigenvalue weighted by Gasteiger charge is -2.03. The minimum atomic E-state index is -3.30. The molecule has 0 amide bonds. The zero-order valence-corrected chi connectivity index (χ0v) is 11.2. The van der Waals surface area contributed by atoms with Gasteiger partial charge in [0, 0.05) is 23.9 Å². The van der Waals surface area contributed by atoms with Crippen LogP contribution < -0.4 is 0 Å². The van der Waals surface area contributed by atoms with Gasteiger partial charge in [-0.15, -0.1) is 0 Å². The average molecular weight is 269 g/mol. The maximum Gasteiger partial charge on any atom is 0.232 e. The Kier molecular flexibility index (Phi) is 6.70. The van der Waals surface area contributed by atoms with E-state index < -0.39 is 9.05 Å². The predicted octanol–water partition coefficient (Wildman–Crippen LogP) is 2.93. The minimum Gasteiger partial charge on any atom is -0.381 e. The van der Waals surface area contributed by atoms with E-state index in [2.05, 4.69) is 0 Å². The Morgan fingerprint density at radius 2 is 1.75 bits per heavy atom. The summed E-state index contributed by atoms with van der Waals surface area (Å²) < 4.78 is 26.7. The highest BCUT2D eigenvalue weighted by Gasteiger charge is 2.19. The quantitative estimate of drug-likeness (QED) is 0.452. The summed E-state index contributed by atoms with van der Waals surface area (Å²) in [5, 5.41) is 0. The number of halogens is 1. The van der Waals surface area contributed by atoms with Crippen molar-refractivity contribution in [3.63, 3.8) is 0 Å². The van der Waals surface area contributed by atoms with Crippen LogP contribution in [0.1, 0.15) is 44.9 Å². The van der Waals surface area contributed by atoms with Crippen LogP contribution in [0.4, 0.5) is 0 Å². The summed E-state index contributed by atoms with van der Waals surface area (Å²) in [7, 11) is 1.79. The van der Waals surface area contributed by atoms with Gasteiger partial charge in [0.25, 0.3) is 0 Å². The minimum absolute atomic E-state index is 0.0796. The molecule has 1 saturated carbocycles. The van der Waals surface area contributed by atoms with Gasteiger partial charge >= 0.3 is 0 Å². The first-order valence-corrected chi connectivity index (χ1v) is 8.56. The van der Waals surface area contributed by atoms with Crippen LogP contribution in [0.25, 0.3) is 0 Å². The summed E-state index contributed by atoms with van der Waals surface area (Å²) in [4.78, 5) is 0. The van der Waals surface area contributed by atoms with E-state index in [0.717, 1.165) is 32.0 Å². The number of unbranched alkanes of at least 4 members (excludes halogenated alkanes) is 2. The van der Waals surface area contributed by atoms with Gasteiger partial charge in [-0.1, -0.05) is 19.3 Å². The second-order valence-electron chi connectivity index (χ2n) is 4.50. The highest BCUT2D eigenvalue weighted by Crippen LogP contribution is 2.33. The molecule has 1 fully saturated rings. The lowest BCUT2D eigenvalue weighted by Crippen LogP contribution is -2.00. The summed E-state index contributed by atoms with van der Waals surface area (Å²) >= 11 is 0. The zero-order valence-electron chi connectivity index (χ0n) is 9.66. The molecule has 1 aliphatic rings. The topological polar surface area (TPSA) is 43.4 Å². The molecule has 3 nitrogen and oxygen atoms in total. The number of hydrogen-bond acceptors (Lipinski definition) is 3. The van der Waals surface area contributed by atoms with Gasteiger partial charge < -0.3 is 4.74 Å². The maximum atomic E-state index is 10.6. The van der Waals surface area contributed by atoms with Crippen molar-refractivity contribution < 1.29 is 13.2 Å². The number of hydrogen-bond donors (Lipinski definition) is 0. The molecule has 0 heterocycles. The number of rotatable bonds is 10. The first-order valence-electron chi connectivity index (χ1n) is 6.08. The van der Waals surface area contributed by atoms with Crippen molar-refractivity contribution in [3.8, 4) is 0 Å². The maximum absolute atomic E-state index is 10.6.